The molecule has 2 aliphatic rings. The van der Waals surface area contributed by atoms with Crippen molar-refractivity contribution in [2.75, 3.05) is 25.5 Å². The lowest BCUT2D eigenvalue weighted by molar-refractivity contribution is -0.192. The van der Waals surface area contributed by atoms with Gasteiger partial charge < -0.3 is 20.2 Å². The van der Waals surface area contributed by atoms with Crippen LogP contribution in [0.15, 0.2) is 48.7 Å². The van der Waals surface area contributed by atoms with Crippen LogP contribution in [0.1, 0.15) is 24.1 Å². The van der Waals surface area contributed by atoms with E-state index in [9.17, 15) is 22.8 Å². The molecule has 2 N–H and O–H groups in total. The summed E-state index contributed by atoms with van der Waals surface area (Å²) in [6, 6.07) is 13.4. The van der Waals surface area contributed by atoms with Gasteiger partial charge in [-0.1, -0.05) is 18.2 Å². The van der Waals surface area contributed by atoms with Crippen LogP contribution in [0.25, 0.3) is 0 Å². The first kappa shape index (κ1) is 26.0. The topological polar surface area (TPSA) is 103 Å². The maximum atomic E-state index is 12.9. The molecule has 1 spiro atoms. The predicted molar refractivity (Wildman–Crippen MR) is 121 cm³/mol. The Morgan fingerprint density at radius 3 is 2.54 bits per heavy atom. The Morgan fingerprint density at radius 2 is 1.94 bits per heavy atom. The first-order valence-electron chi connectivity index (χ1n) is 11.0. The van der Waals surface area contributed by atoms with E-state index in [0.717, 1.165) is 29.8 Å². The molecular weight excluding hydrogens is 465 g/mol. The average Bonchev–Trinajstić information content (AvgIpc) is 3.32. The van der Waals surface area contributed by atoms with Gasteiger partial charge in [-0.3, -0.25) is 9.78 Å². The van der Waals surface area contributed by atoms with Crippen LogP contribution in [0, 0.1) is 18.3 Å². The third-order valence-electron chi connectivity index (χ3n) is 6.17. The van der Waals surface area contributed by atoms with E-state index in [2.05, 4.69) is 10.3 Å². The summed E-state index contributed by atoms with van der Waals surface area (Å²) in [5.74, 6) is -2.59. The number of anilines is 1. The number of urea groups is 1. The molecule has 2 aromatic rings. The fraction of sp³-hybridized carbons (Fsp3) is 0.417. The quantitative estimate of drug-likeness (QED) is 0.674. The van der Waals surface area contributed by atoms with Crippen LogP contribution in [-0.4, -0.2) is 64.1 Å². The van der Waals surface area contributed by atoms with Crippen LogP contribution < -0.4 is 5.32 Å². The van der Waals surface area contributed by atoms with E-state index in [1.165, 1.54) is 0 Å². The zero-order valence-corrected chi connectivity index (χ0v) is 19.4. The Hall–Kier alpha value is -3.63. The maximum absolute atomic E-state index is 12.9. The molecule has 2 unspecified atom stereocenters. The zero-order valence-electron chi connectivity index (χ0n) is 19.4. The summed E-state index contributed by atoms with van der Waals surface area (Å²) in [7, 11) is 1.83. The number of carboxylic acid groups (broad SMARTS) is 1. The number of carboxylic acids is 1. The number of amides is 3. The minimum Gasteiger partial charge on any atom is -0.475 e. The van der Waals surface area contributed by atoms with Crippen molar-refractivity contribution >= 4 is 23.6 Å². The number of benzene rings is 1. The van der Waals surface area contributed by atoms with Gasteiger partial charge in [0.15, 0.2) is 0 Å². The van der Waals surface area contributed by atoms with E-state index in [1.54, 1.807) is 11.1 Å². The van der Waals surface area contributed by atoms with Crippen molar-refractivity contribution in [3.05, 3.63) is 59.9 Å². The molecule has 2 heterocycles. The predicted octanol–water partition coefficient (Wildman–Crippen LogP) is 3.93. The van der Waals surface area contributed by atoms with E-state index in [4.69, 9.17) is 9.90 Å². The number of likely N-dealkylation sites (tertiary alicyclic amines) is 1. The molecule has 4 rings (SSSR count). The molecule has 3 amide bonds. The standard InChI is InChI=1S/C22H26N4O2.C2HF3O2/c1-16-6-5-8-17(12-16)24-21(28)26-11-9-22(15-26)13-19(22)20(27)25(2)14-18-7-3-4-10-23-18;3-2(4,5)1(6)7/h3-8,10,12,19H,9,11,13-15H2,1-2H3,(H,24,28);(H,6,7). The average molecular weight is 492 g/mol. The number of aliphatic carboxylic acids is 1. The molecule has 35 heavy (non-hydrogen) atoms. The SMILES string of the molecule is Cc1cccc(NC(=O)N2CCC3(CC3C(=O)N(C)Cc3ccccn3)C2)c1.O=C(O)C(F)(F)F. The second kappa shape index (κ2) is 10.3. The summed E-state index contributed by atoms with van der Waals surface area (Å²) in [6.45, 7) is 3.87. The number of rotatable bonds is 4. The third kappa shape index (κ3) is 6.71. The number of carbonyl (C=O) groups excluding carboxylic acids is 2. The zero-order chi connectivity index (χ0) is 25.8. The summed E-state index contributed by atoms with van der Waals surface area (Å²) in [4.78, 5) is 42.3. The summed E-state index contributed by atoms with van der Waals surface area (Å²) in [5.41, 5.74) is 2.77. The van der Waals surface area contributed by atoms with Gasteiger partial charge >= 0.3 is 18.2 Å². The smallest absolute Gasteiger partial charge is 0.475 e. The number of aryl methyl sites for hydroxylation is 1. The highest BCUT2D eigenvalue weighted by Gasteiger charge is 2.61. The number of nitrogens with one attached hydrogen (secondary N) is 1. The van der Waals surface area contributed by atoms with Crippen LogP contribution in [-0.2, 0) is 16.1 Å². The van der Waals surface area contributed by atoms with Gasteiger partial charge in [0, 0.05) is 43.4 Å². The van der Waals surface area contributed by atoms with Gasteiger partial charge in [-0.15, -0.1) is 0 Å². The van der Waals surface area contributed by atoms with Crippen molar-refractivity contribution < 1.29 is 32.7 Å². The van der Waals surface area contributed by atoms with Gasteiger partial charge in [0.2, 0.25) is 5.91 Å². The van der Waals surface area contributed by atoms with Crippen molar-refractivity contribution in [3.8, 4) is 0 Å². The molecule has 11 heteroatoms. The molecule has 0 bridgehead atoms. The van der Waals surface area contributed by atoms with Crippen LogP contribution >= 0.6 is 0 Å². The van der Waals surface area contributed by atoms with Crippen molar-refractivity contribution in [2.24, 2.45) is 11.3 Å². The molecule has 188 valence electrons. The molecule has 1 saturated heterocycles. The largest absolute Gasteiger partial charge is 0.490 e. The van der Waals surface area contributed by atoms with Crippen molar-refractivity contribution in [1.29, 1.82) is 0 Å². The second-order valence-electron chi connectivity index (χ2n) is 8.91. The molecule has 1 aliphatic carbocycles. The number of halogens is 3. The molecule has 1 aliphatic heterocycles. The normalized spacial score (nSPS) is 20.6. The summed E-state index contributed by atoms with van der Waals surface area (Å²) >= 11 is 0. The Balaban J connectivity index is 0.000000429. The first-order chi connectivity index (χ1) is 16.4. The fourth-order valence-corrected chi connectivity index (χ4v) is 4.22. The van der Waals surface area contributed by atoms with E-state index < -0.39 is 12.1 Å². The summed E-state index contributed by atoms with van der Waals surface area (Å²) < 4.78 is 31.7. The molecule has 1 saturated carbocycles. The number of nitrogens with zero attached hydrogens (tertiary/aromatic N) is 3. The van der Waals surface area contributed by atoms with Gasteiger partial charge in [-0.25, -0.2) is 9.59 Å². The minimum absolute atomic E-state index is 0.0120. The maximum Gasteiger partial charge on any atom is 0.490 e. The second-order valence-corrected chi connectivity index (χ2v) is 8.91. The number of hydrogen-bond donors (Lipinski definition) is 2. The summed E-state index contributed by atoms with van der Waals surface area (Å²) in [5, 5.41) is 10.1. The number of pyridine rings is 1. The van der Waals surface area contributed by atoms with Gasteiger partial charge in [0.25, 0.3) is 0 Å². The summed E-state index contributed by atoms with van der Waals surface area (Å²) in [6.07, 6.45) is -1.58. The Labute approximate surface area is 200 Å². The third-order valence-corrected chi connectivity index (χ3v) is 6.17. The number of aromatic nitrogens is 1. The molecule has 2 fully saturated rings. The van der Waals surface area contributed by atoms with Crippen molar-refractivity contribution in [1.82, 2.24) is 14.8 Å². The van der Waals surface area contributed by atoms with Crippen molar-refractivity contribution in [2.45, 2.75) is 32.5 Å². The monoisotopic (exact) mass is 492 g/mol. The van der Waals surface area contributed by atoms with Gasteiger partial charge in [0.1, 0.15) is 0 Å². The molecular formula is C24H27F3N4O4. The highest BCUT2D eigenvalue weighted by Crippen LogP contribution is 2.59. The Kier molecular flexibility index (Phi) is 7.67. The Bertz CT molecular complexity index is 1080. The molecule has 0 radical (unpaired) electrons. The van der Waals surface area contributed by atoms with Crippen LogP contribution in [0.3, 0.4) is 0 Å². The van der Waals surface area contributed by atoms with Crippen molar-refractivity contribution in [3.63, 3.8) is 0 Å². The van der Waals surface area contributed by atoms with E-state index in [0.29, 0.717) is 19.6 Å². The van der Waals surface area contributed by atoms with Gasteiger partial charge in [0.05, 0.1) is 12.2 Å². The number of hydrogen-bond acceptors (Lipinski definition) is 4. The highest BCUT2D eigenvalue weighted by molar-refractivity contribution is 5.90. The van der Waals surface area contributed by atoms with E-state index in [-0.39, 0.29) is 23.3 Å². The van der Waals surface area contributed by atoms with E-state index in [1.807, 2.05) is 61.3 Å². The lowest BCUT2D eigenvalue weighted by Crippen LogP contribution is -2.34. The lowest BCUT2D eigenvalue weighted by atomic mass is 10.0. The Morgan fingerprint density at radius 1 is 1.23 bits per heavy atom. The van der Waals surface area contributed by atoms with Crippen LogP contribution in [0.2, 0.25) is 0 Å². The van der Waals surface area contributed by atoms with Crippen LogP contribution in [0.4, 0.5) is 23.7 Å². The molecule has 8 nitrogen and oxygen atoms in total. The first-order valence-corrected chi connectivity index (χ1v) is 11.0. The van der Waals surface area contributed by atoms with Crippen LogP contribution in [0.5, 0.6) is 0 Å². The van der Waals surface area contributed by atoms with Gasteiger partial charge in [-0.05, 0) is 49.6 Å². The van der Waals surface area contributed by atoms with E-state index >= 15 is 0 Å². The number of alkyl halides is 3. The fourth-order valence-electron chi connectivity index (χ4n) is 4.22. The minimum atomic E-state index is -5.08. The van der Waals surface area contributed by atoms with Gasteiger partial charge in [-0.2, -0.15) is 13.2 Å². The number of carbonyl (C=O) groups is 3. The lowest BCUT2D eigenvalue weighted by Gasteiger charge is -2.20. The molecule has 2 atom stereocenters. The molecule has 1 aromatic heterocycles. The molecule has 1 aromatic carbocycles. The highest BCUT2D eigenvalue weighted by atomic mass is 19.4.